The summed E-state index contributed by atoms with van der Waals surface area (Å²) in [5, 5.41) is 15.6. The number of ether oxygens (including phenoxy) is 1. The van der Waals surface area contributed by atoms with Gasteiger partial charge in [0, 0.05) is 36.8 Å². The summed E-state index contributed by atoms with van der Waals surface area (Å²) in [6, 6.07) is 4.63. The Morgan fingerprint density at radius 1 is 1.28 bits per heavy atom. The lowest BCUT2D eigenvalue weighted by Crippen LogP contribution is -2.48. The molecule has 0 unspecified atom stereocenters. The number of nitrogens with one attached hydrogen (secondary N) is 2. The number of urea groups is 1. The van der Waals surface area contributed by atoms with Crippen molar-refractivity contribution in [3.05, 3.63) is 23.8 Å². The van der Waals surface area contributed by atoms with Crippen molar-refractivity contribution in [3.8, 4) is 5.75 Å². The number of amides is 3. The van der Waals surface area contributed by atoms with Crippen LogP contribution in [0.2, 0.25) is 0 Å². The molecule has 0 saturated heterocycles. The third-order valence-electron chi connectivity index (χ3n) is 7.12. The van der Waals surface area contributed by atoms with Crippen LogP contribution < -0.4 is 15.4 Å². The van der Waals surface area contributed by atoms with Crippen LogP contribution in [-0.4, -0.2) is 85.9 Å². The van der Waals surface area contributed by atoms with E-state index >= 15 is 0 Å². The minimum atomic E-state index is -3.43. The van der Waals surface area contributed by atoms with Crippen molar-refractivity contribution in [1.29, 1.82) is 0 Å². The van der Waals surface area contributed by atoms with Crippen LogP contribution in [0.15, 0.2) is 18.2 Å². The number of hydrogen-bond donors (Lipinski definition) is 3. The molecule has 10 nitrogen and oxygen atoms in total. The second-order valence-corrected chi connectivity index (χ2v) is 12.3. The molecule has 1 aliphatic carbocycles. The van der Waals surface area contributed by atoms with Crippen molar-refractivity contribution < 1.29 is 27.9 Å². The Balaban J connectivity index is 1.86. The Bertz CT molecular complexity index is 1030. The fourth-order valence-corrected chi connectivity index (χ4v) is 5.13. The molecule has 36 heavy (non-hydrogen) atoms. The van der Waals surface area contributed by atoms with E-state index in [9.17, 15) is 23.1 Å². The van der Waals surface area contributed by atoms with Crippen molar-refractivity contribution >= 4 is 27.6 Å². The summed E-state index contributed by atoms with van der Waals surface area (Å²) >= 11 is 0. The molecule has 3 amide bonds. The van der Waals surface area contributed by atoms with Gasteiger partial charge >= 0.3 is 6.03 Å². The minimum absolute atomic E-state index is 0.0286. The average Bonchev–Trinajstić information content (AvgIpc) is 2.86. The number of aliphatic hydroxyl groups excluding tert-OH is 1. The predicted octanol–water partition coefficient (Wildman–Crippen LogP) is 2.18. The number of sulfonamides is 1. The van der Waals surface area contributed by atoms with E-state index in [2.05, 4.69) is 10.6 Å². The number of fused-ring (bicyclic) bond motifs is 1. The Morgan fingerprint density at radius 3 is 2.61 bits per heavy atom. The number of rotatable bonds is 7. The number of carbonyl (C=O) groups is 2. The van der Waals surface area contributed by atoms with Gasteiger partial charge in [0.15, 0.2) is 0 Å². The SMILES string of the molecule is C[C@H]1CN([C@@H](C)CO)C(=O)Cc2cc(NC(=O)NC3CCCCC3)ccc2O[C@@H]1CN(C)S(C)(=O)=O. The highest BCUT2D eigenvalue weighted by Crippen LogP contribution is 2.29. The van der Waals surface area contributed by atoms with Crippen molar-refractivity contribution in [2.24, 2.45) is 5.92 Å². The van der Waals surface area contributed by atoms with Crippen LogP contribution in [0.3, 0.4) is 0 Å². The summed E-state index contributed by atoms with van der Waals surface area (Å²) in [7, 11) is -1.94. The number of anilines is 1. The molecule has 1 aromatic carbocycles. The molecular weight excluding hydrogens is 484 g/mol. The number of likely N-dealkylation sites (N-methyl/N-ethyl adjacent to an activating group) is 1. The topological polar surface area (TPSA) is 128 Å². The van der Waals surface area contributed by atoms with Crippen LogP contribution in [0.5, 0.6) is 5.75 Å². The molecule has 3 N–H and O–H groups in total. The number of carbonyl (C=O) groups excluding carboxylic acids is 2. The highest BCUT2D eigenvalue weighted by atomic mass is 32.2. The van der Waals surface area contributed by atoms with Crippen molar-refractivity contribution in [1.82, 2.24) is 14.5 Å². The summed E-state index contributed by atoms with van der Waals surface area (Å²) in [6.07, 6.45) is 6.00. The zero-order chi connectivity index (χ0) is 26.5. The van der Waals surface area contributed by atoms with E-state index in [1.54, 1.807) is 30.0 Å². The lowest BCUT2D eigenvalue weighted by atomic mass is 9.96. The molecule has 1 aliphatic heterocycles. The first kappa shape index (κ1) is 28.2. The van der Waals surface area contributed by atoms with Crippen LogP contribution in [-0.2, 0) is 21.2 Å². The molecule has 2 aliphatic rings. The fraction of sp³-hybridized carbons (Fsp3) is 0.680. The van der Waals surface area contributed by atoms with E-state index < -0.39 is 22.2 Å². The second kappa shape index (κ2) is 12.2. The molecule has 0 aromatic heterocycles. The molecule has 3 rings (SSSR count). The Hall–Kier alpha value is -2.37. The molecule has 3 atom stereocenters. The van der Waals surface area contributed by atoms with Gasteiger partial charge in [-0.15, -0.1) is 0 Å². The molecule has 202 valence electrons. The summed E-state index contributed by atoms with van der Waals surface area (Å²) in [4.78, 5) is 27.4. The lowest BCUT2D eigenvalue weighted by molar-refractivity contribution is -0.134. The maximum Gasteiger partial charge on any atom is 0.319 e. The Morgan fingerprint density at radius 2 is 1.97 bits per heavy atom. The number of aliphatic hydroxyl groups is 1. The second-order valence-electron chi connectivity index (χ2n) is 10.2. The van der Waals surface area contributed by atoms with E-state index in [4.69, 9.17) is 4.74 Å². The highest BCUT2D eigenvalue weighted by molar-refractivity contribution is 7.88. The van der Waals surface area contributed by atoms with Crippen LogP contribution in [0, 0.1) is 5.92 Å². The van der Waals surface area contributed by atoms with Gasteiger partial charge in [0.25, 0.3) is 0 Å². The van der Waals surface area contributed by atoms with Gasteiger partial charge in [-0.3, -0.25) is 4.79 Å². The quantitative estimate of drug-likeness (QED) is 0.502. The average molecular weight is 525 g/mol. The summed E-state index contributed by atoms with van der Waals surface area (Å²) in [5.74, 6) is 0.0881. The highest BCUT2D eigenvalue weighted by Gasteiger charge is 2.32. The molecule has 11 heteroatoms. The van der Waals surface area contributed by atoms with Gasteiger partial charge in [-0.1, -0.05) is 26.2 Å². The van der Waals surface area contributed by atoms with Crippen LogP contribution in [0.4, 0.5) is 10.5 Å². The van der Waals surface area contributed by atoms with Crippen LogP contribution >= 0.6 is 0 Å². The minimum Gasteiger partial charge on any atom is -0.488 e. The van der Waals surface area contributed by atoms with E-state index in [1.165, 1.54) is 17.8 Å². The first-order valence-electron chi connectivity index (χ1n) is 12.7. The van der Waals surface area contributed by atoms with E-state index in [0.29, 0.717) is 23.5 Å². The number of hydrogen-bond acceptors (Lipinski definition) is 6. The molecule has 1 fully saturated rings. The van der Waals surface area contributed by atoms with Crippen LogP contribution in [0.25, 0.3) is 0 Å². The van der Waals surface area contributed by atoms with Crippen molar-refractivity contribution in [2.75, 3.05) is 38.3 Å². The standard InChI is InChI=1S/C25H40N4O6S/c1-17-14-29(18(2)16-30)24(31)13-19-12-21(27-25(32)26-20-8-6-5-7-9-20)10-11-22(19)35-23(17)15-28(3)36(4,33)34/h10-12,17-18,20,23,30H,5-9,13-16H2,1-4H3,(H2,26,27,32)/t17-,18-,23+/m0/s1. The largest absolute Gasteiger partial charge is 0.488 e. The Kier molecular flexibility index (Phi) is 9.59. The van der Waals surface area contributed by atoms with Gasteiger partial charge in [-0.2, -0.15) is 0 Å². The van der Waals surface area contributed by atoms with Crippen molar-refractivity contribution in [3.63, 3.8) is 0 Å². The third kappa shape index (κ3) is 7.57. The Labute approximate surface area is 214 Å². The molecule has 1 aromatic rings. The van der Waals surface area contributed by atoms with Gasteiger partial charge in [0.1, 0.15) is 11.9 Å². The van der Waals surface area contributed by atoms with E-state index in [0.717, 1.165) is 31.9 Å². The number of nitrogens with zero attached hydrogens (tertiary/aromatic N) is 2. The van der Waals surface area contributed by atoms with Crippen LogP contribution in [0.1, 0.15) is 51.5 Å². The molecule has 1 heterocycles. The van der Waals surface area contributed by atoms with E-state index in [-0.39, 0.29) is 43.5 Å². The van der Waals surface area contributed by atoms with Gasteiger partial charge in [0.2, 0.25) is 15.9 Å². The maximum atomic E-state index is 13.3. The molecule has 0 radical (unpaired) electrons. The smallest absolute Gasteiger partial charge is 0.319 e. The molecular formula is C25H40N4O6S. The number of benzene rings is 1. The summed E-state index contributed by atoms with van der Waals surface area (Å²) in [6.45, 7) is 3.91. The van der Waals surface area contributed by atoms with Gasteiger partial charge in [-0.05, 0) is 38.0 Å². The summed E-state index contributed by atoms with van der Waals surface area (Å²) < 4.78 is 31.7. The zero-order valence-electron chi connectivity index (χ0n) is 21.7. The van der Waals surface area contributed by atoms with Gasteiger partial charge in [0.05, 0.1) is 31.9 Å². The first-order valence-corrected chi connectivity index (χ1v) is 14.5. The molecule has 1 saturated carbocycles. The van der Waals surface area contributed by atoms with Gasteiger partial charge < -0.3 is 25.4 Å². The lowest BCUT2D eigenvalue weighted by Gasteiger charge is -2.33. The van der Waals surface area contributed by atoms with Crippen molar-refractivity contribution in [2.45, 2.75) is 70.6 Å². The summed E-state index contributed by atoms with van der Waals surface area (Å²) in [5.41, 5.74) is 1.13. The molecule has 0 spiro atoms. The zero-order valence-corrected chi connectivity index (χ0v) is 22.5. The normalized spacial score (nSPS) is 22.6. The third-order valence-corrected chi connectivity index (χ3v) is 8.40. The fourth-order valence-electron chi connectivity index (χ4n) is 4.71. The first-order chi connectivity index (χ1) is 17.0. The van der Waals surface area contributed by atoms with Gasteiger partial charge in [-0.25, -0.2) is 17.5 Å². The predicted molar refractivity (Wildman–Crippen MR) is 138 cm³/mol. The maximum absolute atomic E-state index is 13.3. The monoisotopic (exact) mass is 524 g/mol. The van der Waals surface area contributed by atoms with E-state index in [1.807, 2.05) is 6.92 Å². The molecule has 0 bridgehead atoms.